The van der Waals surface area contributed by atoms with Crippen molar-refractivity contribution >= 4 is 50.3 Å². The molecule has 2 nitrogen and oxygen atoms in total. The van der Waals surface area contributed by atoms with Gasteiger partial charge in [-0.1, -0.05) is 0 Å². The average molecular weight is 406 g/mol. The van der Waals surface area contributed by atoms with Gasteiger partial charge >= 0.3 is 5.51 Å². The lowest BCUT2D eigenvalue weighted by Gasteiger charge is -2.10. The van der Waals surface area contributed by atoms with E-state index >= 15 is 0 Å². The van der Waals surface area contributed by atoms with Crippen LogP contribution in [0.5, 0.6) is 0 Å². The molecule has 0 bridgehead atoms. The molecule has 0 aliphatic rings. The molecule has 2 aromatic rings. The number of thioether (sulfide) groups is 1. The number of aryl methyl sites for hydroxylation is 2. The van der Waals surface area contributed by atoms with Gasteiger partial charge in [-0.25, -0.2) is 9.37 Å². The summed E-state index contributed by atoms with van der Waals surface area (Å²) in [5, 5.41) is 0. The van der Waals surface area contributed by atoms with Crippen LogP contribution in [0.15, 0.2) is 16.6 Å². The van der Waals surface area contributed by atoms with E-state index < -0.39 is 11.3 Å². The summed E-state index contributed by atoms with van der Waals surface area (Å²) in [6.45, 7) is 0.130. The normalized spacial score (nSPS) is 12.3. The quantitative estimate of drug-likeness (QED) is 0.516. The summed E-state index contributed by atoms with van der Waals surface area (Å²) in [5.41, 5.74) is -3.27. The molecule has 1 aromatic carbocycles. The monoisotopic (exact) mass is 404 g/mol. The van der Waals surface area contributed by atoms with Crippen molar-refractivity contribution in [1.29, 1.82) is 0 Å². The first-order valence-corrected chi connectivity index (χ1v) is 8.24. The van der Waals surface area contributed by atoms with E-state index in [4.69, 9.17) is 11.6 Å². The second-order valence-electron chi connectivity index (χ2n) is 4.17. The van der Waals surface area contributed by atoms with Crippen molar-refractivity contribution in [2.45, 2.75) is 18.5 Å². The van der Waals surface area contributed by atoms with Crippen molar-refractivity contribution in [3.63, 3.8) is 0 Å². The maximum atomic E-state index is 13.5. The molecule has 0 amide bonds. The van der Waals surface area contributed by atoms with E-state index in [1.807, 2.05) is 0 Å². The third-order valence-corrected chi connectivity index (χ3v) is 4.28. The van der Waals surface area contributed by atoms with Gasteiger partial charge in [0.15, 0.2) is 0 Å². The molecule has 0 fully saturated rings. The van der Waals surface area contributed by atoms with E-state index in [9.17, 15) is 17.6 Å². The summed E-state index contributed by atoms with van der Waals surface area (Å²) in [5.74, 6) is 0.244. The van der Waals surface area contributed by atoms with Crippen LogP contribution in [0, 0.1) is 5.82 Å². The highest BCUT2D eigenvalue weighted by molar-refractivity contribution is 9.10. The molecule has 116 valence electrons. The van der Waals surface area contributed by atoms with Gasteiger partial charge in [-0.2, -0.15) is 13.2 Å². The minimum atomic E-state index is -4.27. The van der Waals surface area contributed by atoms with Crippen LogP contribution in [-0.4, -0.2) is 26.7 Å². The van der Waals surface area contributed by atoms with E-state index in [1.165, 1.54) is 12.1 Å². The first-order valence-electron chi connectivity index (χ1n) is 5.92. The molecular formula is C12H10BrClF4N2S. The molecule has 0 spiro atoms. The lowest BCUT2D eigenvalue weighted by molar-refractivity contribution is -0.0328. The molecule has 0 N–H and O–H groups in total. The van der Waals surface area contributed by atoms with Crippen LogP contribution in [0.1, 0.15) is 5.82 Å². The number of benzene rings is 1. The van der Waals surface area contributed by atoms with Crippen molar-refractivity contribution in [3.8, 4) is 0 Å². The number of hydrogen-bond acceptors (Lipinski definition) is 2. The number of rotatable bonds is 5. The summed E-state index contributed by atoms with van der Waals surface area (Å²) < 4.78 is 52.1. The number of hydrogen-bond donors (Lipinski definition) is 0. The zero-order valence-electron chi connectivity index (χ0n) is 10.6. The van der Waals surface area contributed by atoms with Gasteiger partial charge < -0.3 is 4.57 Å². The van der Waals surface area contributed by atoms with Gasteiger partial charge in [0.25, 0.3) is 0 Å². The Morgan fingerprint density at radius 1 is 1.33 bits per heavy atom. The van der Waals surface area contributed by atoms with Gasteiger partial charge in [-0.15, -0.1) is 11.6 Å². The minimum Gasteiger partial charge on any atom is -0.327 e. The van der Waals surface area contributed by atoms with Crippen LogP contribution in [0.4, 0.5) is 17.6 Å². The van der Waals surface area contributed by atoms with E-state index in [-0.39, 0.29) is 28.5 Å². The summed E-state index contributed by atoms with van der Waals surface area (Å²) in [6.07, 6.45) is 0.409. The van der Waals surface area contributed by atoms with Crippen LogP contribution in [-0.2, 0) is 13.0 Å². The topological polar surface area (TPSA) is 17.8 Å². The van der Waals surface area contributed by atoms with Crippen LogP contribution >= 0.6 is 39.3 Å². The molecule has 1 heterocycles. The van der Waals surface area contributed by atoms with Crippen LogP contribution in [0.25, 0.3) is 11.0 Å². The zero-order chi connectivity index (χ0) is 15.6. The molecule has 1 aromatic heterocycles. The largest absolute Gasteiger partial charge is 0.441 e. The molecule has 9 heteroatoms. The lowest BCUT2D eigenvalue weighted by Crippen LogP contribution is -2.10. The fourth-order valence-corrected chi connectivity index (χ4v) is 2.95. The second kappa shape index (κ2) is 6.75. The summed E-state index contributed by atoms with van der Waals surface area (Å²) >= 11 is 8.66. The summed E-state index contributed by atoms with van der Waals surface area (Å²) in [4.78, 5) is 4.25. The Hall–Kier alpha value is -0.470. The van der Waals surface area contributed by atoms with Gasteiger partial charge in [0, 0.05) is 30.7 Å². The Balaban J connectivity index is 2.34. The van der Waals surface area contributed by atoms with Crippen LogP contribution in [0.2, 0.25) is 0 Å². The Morgan fingerprint density at radius 3 is 2.67 bits per heavy atom. The van der Waals surface area contributed by atoms with E-state index in [0.717, 1.165) is 0 Å². The highest BCUT2D eigenvalue weighted by atomic mass is 79.9. The molecule has 0 atom stereocenters. The number of alkyl halides is 4. The summed E-state index contributed by atoms with van der Waals surface area (Å²) in [7, 11) is 0. The highest BCUT2D eigenvalue weighted by Crippen LogP contribution is 2.31. The Kier molecular flexibility index (Phi) is 5.43. The predicted octanol–water partition coefficient (Wildman–Crippen LogP) is 4.97. The highest BCUT2D eigenvalue weighted by Gasteiger charge is 2.27. The smallest absolute Gasteiger partial charge is 0.327 e. The molecule has 0 radical (unpaired) electrons. The number of imidazole rings is 1. The first-order chi connectivity index (χ1) is 9.81. The second-order valence-corrected chi connectivity index (χ2v) is 6.56. The molecule has 0 unspecified atom stereocenters. The third kappa shape index (κ3) is 4.26. The van der Waals surface area contributed by atoms with E-state index in [1.54, 1.807) is 4.57 Å². The fourth-order valence-electron chi connectivity index (χ4n) is 1.95. The number of nitrogens with zero attached hydrogens (tertiary/aromatic N) is 2. The molecule has 2 rings (SSSR count). The van der Waals surface area contributed by atoms with Gasteiger partial charge in [0.05, 0.1) is 15.5 Å². The molecule has 0 aliphatic heterocycles. The van der Waals surface area contributed by atoms with Crippen LogP contribution in [0.3, 0.4) is 0 Å². The molecule has 21 heavy (non-hydrogen) atoms. The molecular weight excluding hydrogens is 396 g/mol. The van der Waals surface area contributed by atoms with Gasteiger partial charge in [-0.3, -0.25) is 0 Å². The maximum Gasteiger partial charge on any atom is 0.441 e. The Morgan fingerprint density at radius 2 is 2.05 bits per heavy atom. The zero-order valence-corrected chi connectivity index (χ0v) is 13.7. The van der Waals surface area contributed by atoms with Crippen molar-refractivity contribution in [2.24, 2.45) is 0 Å². The SMILES string of the molecule is Fc1cc2nc(CCCl)n(CCSC(F)(F)F)c2cc1Br. The Labute approximate surface area is 136 Å². The van der Waals surface area contributed by atoms with Crippen molar-refractivity contribution in [3.05, 3.63) is 28.2 Å². The van der Waals surface area contributed by atoms with Crippen LogP contribution < -0.4 is 0 Å². The fraction of sp³-hybridized carbons (Fsp3) is 0.417. The van der Waals surface area contributed by atoms with Gasteiger partial charge in [0.1, 0.15) is 11.6 Å². The number of aromatic nitrogens is 2. The van der Waals surface area contributed by atoms with Gasteiger partial charge in [-0.05, 0) is 33.8 Å². The first kappa shape index (κ1) is 16.9. The third-order valence-electron chi connectivity index (χ3n) is 2.77. The van der Waals surface area contributed by atoms with E-state index in [0.29, 0.717) is 29.2 Å². The number of fused-ring (bicyclic) bond motifs is 1. The van der Waals surface area contributed by atoms with E-state index in [2.05, 4.69) is 20.9 Å². The predicted molar refractivity (Wildman–Crippen MR) is 80.3 cm³/mol. The molecule has 0 saturated carbocycles. The Bertz CT molecular complexity index is 644. The lowest BCUT2D eigenvalue weighted by atomic mass is 10.3. The van der Waals surface area contributed by atoms with Crippen molar-refractivity contribution in [1.82, 2.24) is 9.55 Å². The average Bonchev–Trinajstić information content (AvgIpc) is 2.67. The minimum absolute atomic E-state index is 0.0929. The standard InChI is InChI=1S/C12H10BrClF4N2S/c13-7-5-10-9(6-8(7)15)19-11(1-2-14)20(10)3-4-21-12(16,17)18/h5-6H,1-4H2. The van der Waals surface area contributed by atoms with Crippen molar-refractivity contribution in [2.75, 3.05) is 11.6 Å². The summed E-state index contributed by atoms with van der Waals surface area (Å²) in [6, 6.07) is 2.78. The molecule has 0 aliphatic carbocycles. The van der Waals surface area contributed by atoms with Gasteiger partial charge in [0.2, 0.25) is 0 Å². The maximum absolute atomic E-state index is 13.5. The van der Waals surface area contributed by atoms with Crippen molar-refractivity contribution < 1.29 is 17.6 Å². The number of halogens is 6. The molecule has 0 saturated heterocycles.